The molecule has 1 aromatic heterocycles. The van der Waals surface area contributed by atoms with E-state index in [2.05, 4.69) is 5.10 Å². The molecule has 6 nitrogen and oxygen atoms in total. The van der Waals surface area contributed by atoms with Crippen molar-refractivity contribution in [1.29, 1.82) is 0 Å². The maximum atomic E-state index is 13.5. The van der Waals surface area contributed by atoms with Gasteiger partial charge in [-0.15, -0.1) is 0 Å². The Kier molecular flexibility index (Phi) is 6.47. The highest BCUT2D eigenvalue weighted by Crippen LogP contribution is 2.21. The van der Waals surface area contributed by atoms with Crippen LogP contribution in [-0.2, 0) is 6.54 Å². The Labute approximate surface area is 195 Å². The maximum absolute atomic E-state index is 13.5. The molecule has 0 N–H and O–H groups in total. The van der Waals surface area contributed by atoms with E-state index in [1.54, 1.807) is 16.5 Å². The molecular formula is C24H23ClF2N4O2. The molecule has 9 heteroatoms. The lowest BCUT2D eigenvalue weighted by molar-refractivity contribution is 0.0534. The van der Waals surface area contributed by atoms with Crippen molar-refractivity contribution in [1.82, 2.24) is 19.6 Å². The molecule has 0 aliphatic carbocycles. The molecule has 4 rings (SSSR count). The molecule has 0 saturated carbocycles. The number of rotatable bonds is 4. The summed E-state index contributed by atoms with van der Waals surface area (Å²) in [6, 6.07) is 10.6. The molecule has 0 spiro atoms. The Bertz CT molecular complexity index is 1220. The van der Waals surface area contributed by atoms with Gasteiger partial charge in [0.2, 0.25) is 0 Å². The molecule has 33 heavy (non-hydrogen) atoms. The fourth-order valence-corrected chi connectivity index (χ4v) is 4.23. The molecule has 172 valence electrons. The zero-order chi connectivity index (χ0) is 23.7. The van der Waals surface area contributed by atoms with Crippen molar-refractivity contribution in [2.75, 3.05) is 26.2 Å². The number of halogens is 3. The first-order chi connectivity index (χ1) is 15.8. The monoisotopic (exact) mass is 472 g/mol. The Hall–Kier alpha value is -3.26. The Morgan fingerprint density at radius 3 is 2.21 bits per heavy atom. The van der Waals surface area contributed by atoms with Gasteiger partial charge in [-0.2, -0.15) is 5.10 Å². The van der Waals surface area contributed by atoms with Crippen molar-refractivity contribution >= 4 is 23.4 Å². The van der Waals surface area contributed by atoms with E-state index in [0.29, 0.717) is 49.0 Å². The van der Waals surface area contributed by atoms with Crippen LogP contribution in [0.5, 0.6) is 0 Å². The van der Waals surface area contributed by atoms with Crippen LogP contribution in [0.1, 0.15) is 37.7 Å². The van der Waals surface area contributed by atoms with Gasteiger partial charge in [0.05, 0.1) is 17.8 Å². The normalized spacial score (nSPS) is 14.0. The van der Waals surface area contributed by atoms with Gasteiger partial charge < -0.3 is 9.80 Å². The Balaban J connectivity index is 1.44. The summed E-state index contributed by atoms with van der Waals surface area (Å²) in [4.78, 5) is 29.1. The molecule has 0 unspecified atom stereocenters. The summed E-state index contributed by atoms with van der Waals surface area (Å²) in [6.45, 7) is 5.38. The molecule has 2 amide bonds. The molecule has 2 aromatic carbocycles. The van der Waals surface area contributed by atoms with E-state index < -0.39 is 11.6 Å². The zero-order valence-electron chi connectivity index (χ0n) is 18.3. The van der Waals surface area contributed by atoms with E-state index in [4.69, 9.17) is 11.6 Å². The van der Waals surface area contributed by atoms with Gasteiger partial charge in [0, 0.05) is 42.5 Å². The number of hydrogen-bond acceptors (Lipinski definition) is 3. The lowest BCUT2D eigenvalue weighted by Crippen LogP contribution is -2.50. The van der Waals surface area contributed by atoms with Crippen molar-refractivity contribution in [3.8, 4) is 0 Å². The third kappa shape index (κ3) is 4.61. The minimum absolute atomic E-state index is 0.0845. The van der Waals surface area contributed by atoms with Gasteiger partial charge in [0.25, 0.3) is 11.8 Å². The molecule has 2 heterocycles. The predicted molar refractivity (Wildman–Crippen MR) is 120 cm³/mol. The number of aromatic nitrogens is 2. The summed E-state index contributed by atoms with van der Waals surface area (Å²) >= 11 is 6.27. The van der Waals surface area contributed by atoms with Crippen LogP contribution in [0.3, 0.4) is 0 Å². The van der Waals surface area contributed by atoms with Gasteiger partial charge in [-0.05, 0) is 43.7 Å². The first-order valence-electron chi connectivity index (χ1n) is 10.6. The van der Waals surface area contributed by atoms with Gasteiger partial charge in [-0.1, -0.05) is 29.8 Å². The summed E-state index contributed by atoms with van der Waals surface area (Å²) in [5, 5.41) is 5.18. The van der Waals surface area contributed by atoms with Gasteiger partial charge in [-0.3, -0.25) is 14.3 Å². The zero-order valence-corrected chi connectivity index (χ0v) is 19.1. The first kappa shape index (κ1) is 22.9. The molecule has 1 saturated heterocycles. The number of aryl methyl sites for hydroxylation is 1. The van der Waals surface area contributed by atoms with Gasteiger partial charge in [-0.25, -0.2) is 8.78 Å². The van der Waals surface area contributed by atoms with Crippen molar-refractivity contribution in [3.63, 3.8) is 0 Å². The van der Waals surface area contributed by atoms with Crippen LogP contribution >= 0.6 is 11.6 Å². The number of carbonyl (C=O) groups excluding carboxylic acids is 2. The molecule has 1 aliphatic rings. The lowest BCUT2D eigenvalue weighted by atomic mass is 10.1. The van der Waals surface area contributed by atoms with Gasteiger partial charge >= 0.3 is 0 Å². The number of benzene rings is 2. The van der Waals surface area contributed by atoms with Gasteiger partial charge in [0.1, 0.15) is 0 Å². The van der Waals surface area contributed by atoms with Crippen LogP contribution < -0.4 is 0 Å². The minimum Gasteiger partial charge on any atom is -0.335 e. The third-order valence-corrected chi connectivity index (χ3v) is 6.26. The molecule has 3 aromatic rings. The van der Waals surface area contributed by atoms with Crippen LogP contribution in [0.15, 0.2) is 42.5 Å². The SMILES string of the molecule is Cc1nn(Cc2ccccc2Cl)c(C)c1C(=O)N1CCN(C(=O)c2ccc(F)c(F)c2)CC1. The molecule has 0 bridgehead atoms. The average molecular weight is 473 g/mol. The number of amides is 2. The highest BCUT2D eigenvalue weighted by molar-refractivity contribution is 6.31. The quantitative estimate of drug-likeness (QED) is 0.575. The number of piperazine rings is 1. The van der Waals surface area contributed by atoms with Crippen LogP contribution in [0, 0.1) is 25.5 Å². The summed E-state index contributed by atoms with van der Waals surface area (Å²) in [5.41, 5.74) is 2.92. The summed E-state index contributed by atoms with van der Waals surface area (Å²) in [7, 11) is 0. The number of nitrogens with zero attached hydrogens (tertiary/aromatic N) is 4. The maximum Gasteiger partial charge on any atom is 0.257 e. The molecular weight excluding hydrogens is 450 g/mol. The standard InChI is InChI=1S/C24H23ClF2N4O2/c1-15-22(16(2)31(28-15)14-18-5-3-4-6-19(18)25)24(33)30-11-9-29(10-12-30)23(32)17-7-8-20(26)21(27)13-17/h3-8,13H,9-12,14H2,1-2H3. The second-order valence-corrected chi connectivity index (χ2v) is 8.42. The molecule has 1 fully saturated rings. The van der Waals surface area contributed by atoms with Crippen molar-refractivity contribution in [3.05, 3.63) is 87.2 Å². The van der Waals surface area contributed by atoms with Crippen LogP contribution in [0.4, 0.5) is 8.78 Å². The Morgan fingerprint density at radius 1 is 0.939 bits per heavy atom. The summed E-state index contributed by atoms with van der Waals surface area (Å²) in [6.07, 6.45) is 0. The number of hydrogen-bond donors (Lipinski definition) is 0. The van der Waals surface area contributed by atoms with E-state index >= 15 is 0 Å². The average Bonchev–Trinajstić information content (AvgIpc) is 3.09. The van der Waals surface area contributed by atoms with E-state index in [0.717, 1.165) is 23.4 Å². The highest BCUT2D eigenvalue weighted by Gasteiger charge is 2.29. The van der Waals surface area contributed by atoms with Crippen LogP contribution in [0.2, 0.25) is 5.02 Å². The first-order valence-corrected chi connectivity index (χ1v) is 10.9. The van der Waals surface area contributed by atoms with E-state index in [-0.39, 0.29) is 17.4 Å². The molecule has 1 aliphatic heterocycles. The molecule has 0 radical (unpaired) electrons. The topological polar surface area (TPSA) is 58.4 Å². The second-order valence-electron chi connectivity index (χ2n) is 8.01. The predicted octanol–water partition coefficient (Wildman–Crippen LogP) is 4.08. The smallest absolute Gasteiger partial charge is 0.257 e. The molecule has 0 atom stereocenters. The summed E-state index contributed by atoms with van der Waals surface area (Å²) < 4.78 is 28.4. The van der Waals surface area contributed by atoms with E-state index in [1.165, 1.54) is 11.0 Å². The minimum atomic E-state index is -1.06. The van der Waals surface area contributed by atoms with Crippen LogP contribution in [-0.4, -0.2) is 57.6 Å². The van der Waals surface area contributed by atoms with E-state index in [1.807, 2.05) is 31.2 Å². The largest absolute Gasteiger partial charge is 0.335 e. The van der Waals surface area contributed by atoms with Crippen molar-refractivity contribution in [2.24, 2.45) is 0 Å². The van der Waals surface area contributed by atoms with Crippen molar-refractivity contribution in [2.45, 2.75) is 20.4 Å². The Morgan fingerprint density at radius 2 is 1.58 bits per heavy atom. The fourth-order valence-electron chi connectivity index (χ4n) is 4.03. The number of carbonyl (C=O) groups is 2. The van der Waals surface area contributed by atoms with Gasteiger partial charge in [0.15, 0.2) is 11.6 Å². The van der Waals surface area contributed by atoms with Crippen molar-refractivity contribution < 1.29 is 18.4 Å². The van der Waals surface area contributed by atoms with E-state index in [9.17, 15) is 18.4 Å². The fraction of sp³-hybridized carbons (Fsp3) is 0.292. The highest BCUT2D eigenvalue weighted by atomic mass is 35.5. The van der Waals surface area contributed by atoms with Crippen LogP contribution in [0.25, 0.3) is 0 Å². The third-order valence-electron chi connectivity index (χ3n) is 5.89. The lowest BCUT2D eigenvalue weighted by Gasteiger charge is -2.35. The summed E-state index contributed by atoms with van der Waals surface area (Å²) in [5.74, 6) is -2.59. The second kappa shape index (κ2) is 9.31.